The number of aliphatic imine (C=N–C) groups is 1. The van der Waals surface area contributed by atoms with Gasteiger partial charge in [0, 0.05) is 19.1 Å². The van der Waals surface area contributed by atoms with Crippen LogP contribution in [0.25, 0.3) is 5.69 Å². The van der Waals surface area contributed by atoms with Crippen LogP contribution in [-0.4, -0.2) is 34.9 Å². The number of aryl methyl sites for hydroxylation is 1. The predicted molar refractivity (Wildman–Crippen MR) is 105 cm³/mol. The van der Waals surface area contributed by atoms with Crippen LogP contribution in [0.3, 0.4) is 0 Å². The Hall–Kier alpha value is -3.08. The van der Waals surface area contributed by atoms with Gasteiger partial charge >= 0.3 is 0 Å². The average molecular weight is 371 g/mol. The normalized spacial score (nSPS) is 11.5. The number of nitrogens with one attached hydrogen (secondary N) is 2. The first kappa shape index (κ1) is 20.2. The van der Waals surface area contributed by atoms with E-state index in [-0.39, 0.29) is 11.6 Å². The topological polar surface area (TPSA) is 104 Å². The second kappa shape index (κ2) is 9.57. The molecule has 0 aliphatic rings. The number of benzene rings is 1. The van der Waals surface area contributed by atoms with Crippen molar-refractivity contribution in [2.75, 3.05) is 18.8 Å². The lowest BCUT2D eigenvalue weighted by Gasteiger charge is -2.13. The SMILES string of the molecule is CCNC(=NCCCc1nn(-c2ccc(F)cc2)c(N)c1C#N)NC(C)C. The quantitative estimate of drug-likeness (QED) is 0.394. The number of nitrogens with zero attached hydrogens (tertiary/aromatic N) is 4. The van der Waals surface area contributed by atoms with E-state index in [4.69, 9.17) is 5.73 Å². The fraction of sp³-hybridized carbons (Fsp3) is 0.421. The molecule has 7 nitrogen and oxygen atoms in total. The molecule has 1 aromatic heterocycles. The van der Waals surface area contributed by atoms with Gasteiger partial charge in [-0.3, -0.25) is 4.99 Å². The minimum atomic E-state index is -0.338. The van der Waals surface area contributed by atoms with Crippen LogP contribution in [0.15, 0.2) is 29.3 Å². The maximum Gasteiger partial charge on any atom is 0.191 e. The van der Waals surface area contributed by atoms with Gasteiger partial charge in [-0.2, -0.15) is 10.4 Å². The Bertz CT molecular complexity index is 816. The van der Waals surface area contributed by atoms with E-state index in [0.717, 1.165) is 18.9 Å². The van der Waals surface area contributed by atoms with E-state index in [1.54, 1.807) is 12.1 Å². The van der Waals surface area contributed by atoms with Gasteiger partial charge in [-0.25, -0.2) is 9.07 Å². The maximum absolute atomic E-state index is 13.1. The summed E-state index contributed by atoms with van der Waals surface area (Å²) in [6.07, 6.45) is 1.30. The van der Waals surface area contributed by atoms with Gasteiger partial charge < -0.3 is 16.4 Å². The molecule has 1 heterocycles. The molecule has 4 N–H and O–H groups in total. The Morgan fingerprint density at radius 3 is 2.67 bits per heavy atom. The van der Waals surface area contributed by atoms with Crippen molar-refractivity contribution in [1.29, 1.82) is 5.26 Å². The van der Waals surface area contributed by atoms with Crippen LogP contribution in [0.5, 0.6) is 0 Å². The van der Waals surface area contributed by atoms with Crippen molar-refractivity contribution in [3.05, 3.63) is 41.3 Å². The summed E-state index contributed by atoms with van der Waals surface area (Å²) in [6.45, 7) is 7.50. The van der Waals surface area contributed by atoms with Crippen LogP contribution >= 0.6 is 0 Å². The molecule has 144 valence electrons. The second-order valence-corrected chi connectivity index (χ2v) is 6.37. The molecule has 0 saturated carbocycles. The molecule has 0 amide bonds. The molecule has 0 bridgehead atoms. The van der Waals surface area contributed by atoms with Crippen LogP contribution in [0.2, 0.25) is 0 Å². The number of hydrogen-bond acceptors (Lipinski definition) is 4. The highest BCUT2D eigenvalue weighted by molar-refractivity contribution is 5.79. The average Bonchev–Trinajstić information content (AvgIpc) is 2.94. The third-order valence-corrected chi connectivity index (χ3v) is 3.79. The Labute approximate surface area is 159 Å². The maximum atomic E-state index is 13.1. The van der Waals surface area contributed by atoms with Gasteiger partial charge in [0.15, 0.2) is 5.96 Å². The highest BCUT2D eigenvalue weighted by Gasteiger charge is 2.16. The lowest BCUT2D eigenvalue weighted by molar-refractivity contribution is 0.627. The van der Waals surface area contributed by atoms with Gasteiger partial charge in [0.1, 0.15) is 23.3 Å². The molecule has 2 rings (SSSR count). The molecule has 0 atom stereocenters. The zero-order valence-electron chi connectivity index (χ0n) is 16.0. The molecule has 0 aliphatic carbocycles. The molecule has 2 aromatic rings. The summed E-state index contributed by atoms with van der Waals surface area (Å²) in [5.41, 5.74) is 7.66. The smallest absolute Gasteiger partial charge is 0.191 e. The fourth-order valence-electron chi connectivity index (χ4n) is 2.59. The van der Waals surface area contributed by atoms with Crippen molar-refractivity contribution in [1.82, 2.24) is 20.4 Å². The minimum Gasteiger partial charge on any atom is -0.382 e. The molecule has 0 saturated heterocycles. The summed E-state index contributed by atoms with van der Waals surface area (Å²) in [5, 5.41) is 20.3. The van der Waals surface area contributed by atoms with Crippen molar-refractivity contribution in [2.24, 2.45) is 4.99 Å². The first-order chi connectivity index (χ1) is 13.0. The number of aromatic nitrogens is 2. The van der Waals surface area contributed by atoms with Crippen LogP contribution < -0.4 is 16.4 Å². The zero-order chi connectivity index (χ0) is 19.8. The third kappa shape index (κ3) is 5.45. The molecule has 0 fully saturated rings. The van der Waals surface area contributed by atoms with Gasteiger partial charge in [-0.05, 0) is 57.9 Å². The molecule has 8 heteroatoms. The summed E-state index contributed by atoms with van der Waals surface area (Å²) in [5.74, 6) is 0.691. The summed E-state index contributed by atoms with van der Waals surface area (Å²) >= 11 is 0. The van der Waals surface area contributed by atoms with E-state index >= 15 is 0 Å². The van der Waals surface area contributed by atoms with Crippen molar-refractivity contribution in [2.45, 2.75) is 39.7 Å². The Morgan fingerprint density at radius 2 is 2.07 bits per heavy atom. The van der Waals surface area contributed by atoms with E-state index in [0.29, 0.717) is 36.0 Å². The zero-order valence-corrected chi connectivity index (χ0v) is 16.0. The van der Waals surface area contributed by atoms with Crippen LogP contribution in [0.1, 0.15) is 38.4 Å². The summed E-state index contributed by atoms with van der Waals surface area (Å²) < 4.78 is 14.6. The standard InChI is InChI=1S/C19H26FN7/c1-4-23-19(25-13(2)3)24-11-5-6-17-16(12-21)18(22)27(26-17)15-9-7-14(20)8-10-15/h7-10,13H,4-6,11,22H2,1-3H3,(H2,23,24,25). The van der Waals surface area contributed by atoms with E-state index in [1.165, 1.54) is 16.8 Å². The van der Waals surface area contributed by atoms with E-state index in [9.17, 15) is 9.65 Å². The Morgan fingerprint density at radius 1 is 1.37 bits per heavy atom. The van der Waals surface area contributed by atoms with E-state index in [2.05, 4.69) is 40.6 Å². The number of nitrogen functional groups attached to an aromatic ring is 1. The molecule has 0 spiro atoms. The largest absolute Gasteiger partial charge is 0.382 e. The van der Waals surface area contributed by atoms with Gasteiger partial charge in [0.05, 0.1) is 11.4 Å². The number of anilines is 1. The van der Waals surface area contributed by atoms with Gasteiger partial charge in [-0.1, -0.05) is 0 Å². The number of halogens is 1. The monoisotopic (exact) mass is 371 g/mol. The number of hydrogen-bond donors (Lipinski definition) is 3. The summed E-state index contributed by atoms with van der Waals surface area (Å²) in [4.78, 5) is 4.53. The van der Waals surface area contributed by atoms with Gasteiger partial charge in [-0.15, -0.1) is 0 Å². The lowest BCUT2D eigenvalue weighted by atomic mass is 10.1. The summed E-state index contributed by atoms with van der Waals surface area (Å²) in [6, 6.07) is 8.23. The Balaban J connectivity index is 2.09. The fourth-order valence-corrected chi connectivity index (χ4v) is 2.59. The number of nitriles is 1. The number of guanidine groups is 1. The van der Waals surface area contributed by atoms with Gasteiger partial charge in [0.25, 0.3) is 0 Å². The van der Waals surface area contributed by atoms with Crippen molar-refractivity contribution >= 4 is 11.8 Å². The molecular weight excluding hydrogens is 345 g/mol. The van der Waals surface area contributed by atoms with E-state index in [1.807, 2.05) is 6.92 Å². The molecule has 0 unspecified atom stereocenters. The minimum absolute atomic E-state index is 0.262. The predicted octanol–water partition coefficient (Wildman–Crippen LogP) is 2.36. The molecule has 0 radical (unpaired) electrons. The highest BCUT2D eigenvalue weighted by atomic mass is 19.1. The third-order valence-electron chi connectivity index (χ3n) is 3.79. The number of nitrogens with two attached hydrogens (primary N) is 1. The van der Waals surface area contributed by atoms with Gasteiger partial charge in [0.2, 0.25) is 0 Å². The lowest BCUT2D eigenvalue weighted by Crippen LogP contribution is -2.41. The molecular formula is C19H26FN7. The van der Waals surface area contributed by atoms with Crippen LogP contribution in [-0.2, 0) is 6.42 Å². The number of rotatable bonds is 7. The highest BCUT2D eigenvalue weighted by Crippen LogP contribution is 2.21. The molecule has 0 aliphatic heterocycles. The van der Waals surface area contributed by atoms with E-state index < -0.39 is 0 Å². The van der Waals surface area contributed by atoms with Crippen molar-refractivity contribution in [3.8, 4) is 11.8 Å². The second-order valence-electron chi connectivity index (χ2n) is 6.37. The molecule has 1 aromatic carbocycles. The van der Waals surface area contributed by atoms with Crippen LogP contribution in [0.4, 0.5) is 10.2 Å². The van der Waals surface area contributed by atoms with Crippen LogP contribution in [0, 0.1) is 17.1 Å². The first-order valence-electron chi connectivity index (χ1n) is 9.04. The first-order valence-corrected chi connectivity index (χ1v) is 9.04. The Kier molecular flexibility index (Phi) is 7.17. The summed E-state index contributed by atoms with van der Waals surface area (Å²) in [7, 11) is 0. The molecule has 27 heavy (non-hydrogen) atoms. The van der Waals surface area contributed by atoms with Crippen molar-refractivity contribution < 1.29 is 4.39 Å². The van der Waals surface area contributed by atoms with Crippen molar-refractivity contribution in [3.63, 3.8) is 0 Å².